The second-order valence-corrected chi connectivity index (χ2v) is 3.96. The smallest absolute Gasteiger partial charge is 0.261 e. The van der Waals surface area contributed by atoms with Gasteiger partial charge in [-0.1, -0.05) is 6.07 Å². The zero-order chi connectivity index (χ0) is 14.5. The third-order valence-electron chi connectivity index (χ3n) is 2.61. The molecule has 2 aromatic rings. The van der Waals surface area contributed by atoms with Crippen molar-refractivity contribution in [3.8, 4) is 5.75 Å². The van der Waals surface area contributed by atoms with Gasteiger partial charge in [0.1, 0.15) is 11.3 Å². The summed E-state index contributed by atoms with van der Waals surface area (Å²) in [6.45, 7) is 2.20. The number of aromatic nitrogens is 1. The summed E-state index contributed by atoms with van der Waals surface area (Å²) >= 11 is 0. The highest BCUT2D eigenvalue weighted by molar-refractivity contribution is 6.09. The van der Waals surface area contributed by atoms with E-state index in [2.05, 4.69) is 10.3 Å². The van der Waals surface area contributed by atoms with Gasteiger partial charge < -0.3 is 15.8 Å². The maximum atomic E-state index is 13.5. The molecule has 3 N–H and O–H groups in total. The summed E-state index contributed by atoms with van der Waals surface area (Å²) in [5.74, 6) is -0.788. The molecule has 6 heteroatoms. The third-order valence-corrected chi connectivity index (χ3v) is 2.61. The molecule has 0 aliphatic heterocycles. The summed E-state index contributed by atoms with van der Waals surface area (Å²) in [4.78, 5) is 15.8. The molecule has 0 aliphatic carbocycles. The number of nitrogens with one attached hydrogen (secondary N) is 1. The Morgan fingerprint density at radius 3 is 2.95 bits per heavy atom. The first-order valence-corrected chi connectivity index (χ1v) is 6.05. The van der Waals surface area contributed by atoms with Crippen molar-refractivity contribution in [2.24, 2.45) is 0 Å². The number of carbonyl (C=O) groups excluding carboxylic acids is 1. The van der Waals surface area contributed by atoms with Crippen LogP contribution in [-0.4, -0.2) is 17.5 Å². The average Bonchev–Trinajstić information content (AvgIpc) is 2.42. The molecule has 0 spiro atoms. The first-order chi connectivity index (χ1) is 9.63. The Bertz CT molecular complexity index is 632. The number of benzene rings is 1. The van der Waals surface area contributed by atoms with Gasteiger partial charge in [-0.2, -0.15) is 0 Å². The Kier molecular flexibility index (Phi) is 4.14. The Morgan fingerprint density at radius 2 is 2.25 bits per heavy atom. The fourth-order valence-corrected chi connectivity index (χ4v) is 1.73. The predicted molar refractivity (Wildman–Crippen MR) is 74.2 cm³/mol. The molecule has 0 bridgehead atoms. The second-order valence-electron chi connectivity index (χ2n) is 3.96. The molecular weight excluding hydrogens is 261 g/mol. The largest absolute Gasteiger partial charge is 0.493 e. The van der Waals surface area contributed by atoms with E-state index in [4.69, 9.17) is 10.5 Å². The van der Waals surface area contributed by atoms with Crippen molar-refractivity contribution in [1.82, 2.24) is 4.98 Å². The third kappa shape index (κ3) is 2.85. The lowest BCUT2D eigenvalue weighted by atomic mass is 10.1. The van der Waals surface area contributed by atoms with Crippen LogP contribution in [0.15, 0.2) is 36.7 Å². The van der Waals surface area contributed by atoms with Crippen molar-refractivity contribution in [2.45, 2.75) is 6.92 Å². The van der Waals surface area contributed by atoms with Gasteiger partial charge in [0.2, 0.25) is 0 Å². The zero-order valence-corrected chi connectivity index (χ0v) is 10.9. The molecule has 0 saturated heterocycles. The molecule has 1 amide bonds. The molecule has 5 nitrogen and oxygen atoms in total. The van der Waals surface area contributed by atoms with Gasteiger partial charge in [-0.3, -0.25) is 9.78 Å². The summed E-state index contributed by atoms with van der Waals surface area (Å²) in [6, 6.07) is 6.27. The predicted octanol–water partition coefficient (Wildman–Crippen LogP) is 2.45. The molecule has 0 saturated carbocycles. The SMILES string of the molecule is CCOc1cccc(N)c1C(=O)Nc1ccncc1F. The summed E-state index contributed by atoms with van der Waals surface area (Å²) in [6.07, 6.45) is 2.41. The van der Waals surface area contributed by atoms with E-state index in [0.717, 1.165) is 6.20 Å². The van der Waals surface area contributed by atoms with E-state index in [-0.39, 0.29) is 16.9 Å². The van der Waals surface area contributed by atoms with Crippen LogP contribution in [0.25, 0.3) is 0 Å². The lowest BCUT2D eigenvalue weighted by Gasteiger charge is -2.12. The highest BCUT2D eigenvalue weighted by Crippen LogP contribution is 2.26. The minimum Gasteiger partial charge on any atom is -0.493 e. The van der Waals surface area contributed by atoms with Crippen LogP contribution in [0.4, 0.5) is 15.8 Å². The van der Waals surface area contributed by atoms with Crippen LogP contribution < -0.4 is 15.8 Å². The van der Waals surface area contributed by atoms with Crippen molar-refractivity contribution in [2.75, 3.05) is 17.7 Å². The fourth-order valence-electron chi connectivity index (χ4n) is 1.73. The molecular formula is C14H14FN3O2. The molecule has 0 unspecified atom stereocenters. The van der Waals surface area contributed by atoms with Gasteiger partial charge in [-0.25, -0.2) is 4.39 Å². The number of halogens is 1. The van der Waals surface area contributed by atoms with Crippen LogP contribution in [0.2, 0.25) is 0 Å². The van der Waals surface area contributed by atoms with Crippen LogP contribution in [0.3, 0.4) is 0 Å². The Morgan fingerprint density at radius 1 is 1.45 bits per heavy atom. The molecule has 1 aromatic carbocycles. The maximum Gasteiger partial charge on any atom is 0.261 e. The van der Waals surface area contributed by atoms with Crippen molar-refractivity contribution >= 4 is 17.3 Å². The highest BCUT2D eigenvalue weighted by atomic mass is 19.1. The van der Waals surface area contributed by atoms with Crippen molar-refractivity contribution < 1.29 is 13.9 Å². The number of carbonyl (C=O) groups is 1. The van der Waals surface area contributed by atoms with Crippen LogP contribution in [0.5, 0.6) is 5.75 Å². The molecule has 0 atom stereocenters. The average molecular weight is 275 g/mol. The van der Waals surface area contributed by atoms with E-state index in [0.29, 0.717) is 12.4 Å². The van der Waals surface area contributed by atoms with Crippen LogP contribution >= 0.6 is 0 Å². The summed E-state index contributed by atoms with van der Waals surface area (Å²) in [5, 5.41) is 2.45. The molecule has 104 valence electrons. The van der Waals surface area contributed by atoms with Gasteiger partial charge in [0.05, 0.1) is 18.5 Å². The summed E-state index contributed by atoms with van der Waals surface area (Å²) in [5.41, 5.74) is 6.29. The molecule has 0 fully saturated rings. The van der Waals surface area contributed by atoms with Gasteiger partial charge in [0, 0.05) is 11.9 Å². The van der Waals surface area contributed by atoms with E-state index in [1.54, 1.807) is 25.1 Å². The van der Waals surface area contributed by atoms with Gasteiger partial charge in [-0.05, 0) is 25.1 Å². The van der Waals surface area contributed by atoms with Crippen LogP contribution in [0, 0.1) is 5.82 Å². The number of anilines is 2. The topological polar surface area (TPSA) is 77.2 Å². The van der Waals surface area contributed by atoms with Crippen LogP contribution in [-0.2, 0) is 0 Å². The minimum absolute atomic E-state index is 0.0377. The van der Waals surface area contributed by atoms with E-state index in [9.17, 15) is 9.18 Å². The zero-order valence-electron chi connectivity index (χ0n) is 10.9. The summed E-state index contributed by atoms with van der Waals surface area (Å²) < 4.78 is 18.8. The first kappa shape index (κ1) is 13.8. The van der Waals surface area contributed by atoms with E-state index in [1.165, 1.54) is 12.3 Å². The van der Waals surface area contributed by atoms with Gasteiger partial charge in [0.25, 0.3) is 5.91 Å². The molecule has 0 radical (unpaired) electrons. The normalized spacial score (nSPS) is 10.1. The number of nitrogens with two attached hydrogens (primary N) is 1. The second kappa shape index (κ2) is 6.01. The van der Waals surface area contributed by atoms with Crippen molar-refractivity contribution in [3.63, 3.8) is 0 Å². The van der Waals surface area contributed by atoms with E-state index < -0.39 is 11.7 Å². The Balaban J connectivity index is 2.32. The molecule has 1 heterocycles. The molecule has 1 aromatic heterocycles. The highest BCUT2D eigenvalue weighted by Gasteiger charge is 2.17. The Labute approximate surface area is 115 Å². The molecule has 20 heavy (non-hydrogen) atoms. The van der Waals surface area contributed by atoms with Gasteiger partial charge >= 0.3 is 0 Å². The number of hydrogen-bond donors (Lipinski definition) is 2. The van der Waals surface area contributed by atoms with Gasteiger partial charge in [-0.15, -0.1) is 0 Å². The quantitative estimate of drug-likeness (QED) is 0.840. The lowest BCUT2D eigenvalue weighted by molar-refractivity contribution is 0.102. The Hall–Kier alpha value is -2.63. The maximum absolute atomic E-state index is 13.5. The number of pyridine rings is 1. The van der Waals surface area contributed by atoms with Gasteiger partial charge in [0.15, 0.2) is 5.82 Å². The monoisotopic (exact) mass is 275 g/mol. The number of nitrogens with zero attached hydrogens (tertiary/aromatic N) is 1. The van der Waals surface area contributed by atoms with E-state index in [1.807, 2.05) is 0 Å². The standard InChI is InChI=1S/C14H14FN3O2/c1-2-20-12-5-3-4-10(16)13(12)14(19)18-11-6-7-17-8-9(11)15/h3-8H,2,16H2,1H3,(H,17,18,19). The number of amides is 1. The van der Waals surface area contributed by atoms with Crippen LogP contribution in [0.1, 0.15) is 17.3 Å². The number of nitrogen functional groups attached to an aromatic ring is 1. The number of hydrogen-bond acceptors (Lipinski definition) is 4. The fraction of sp³-hybridized carbons (Fsp3) is 0.143. The molecule has 0 aliphatic rings. The minimum atomic E-state index is -0.617. The van der Waals surface area contributed by atoms with Crippen molar-refractivity contribution in [1.29, 1.82) is 0 Å². The molecule has 2 rings (SSSR count). The first-order valence-electron chi connectivity index (χ1n) is 6.05. The number of ether oxygens (including phenoxy) is 1. The van der Waals surface area contributed by atoms with Crippen molar-refractivity contribution in [3.05, 3.63) is 48.0 Å². The lowest BCUT2D eigenvalue weighted by Crippen LogP contribution is -2.16. The summed E-state index contributed by atoms with van der Waals surface area (Å²) in [7, 11) is 0. The van der Waals surface area contributed by atoms with E-state index >= 15 is 0 Å². The number of rotatable bonds is 4.